The molecule has 2 saturated heterocycles. The first-order chi connectivity index (χ1) is 39.6. The molecule has 0 spiro atoms. The molecule has 0 unspecified atom stereocenters. The number of aromatic nitrogens is 6. The van der Waals surface area contributed by atoms with E-state index in [1.54, 1.807) is 26.8 Å². The van der Waals surface area contributed by atoms with E-state index in [0.29, 0.717) is 92.3 Å². The summed E-state index contributed by atoms with van der Waals surface area (Å²) < 4.78 is 69.3. The number of methoxy groups -OCH3 is 1. The zero-order chi connectivity index (χ0) is 59.9. The van der Waals surface area contributed by atoms with Crippen LogP contribution in [0.4, 0.5) is 40.6 Å². The maximum absolute atomic E-state index is 15.6. The van der Waals surface area contributed by atoms with Gasteiger partial charge in [0.2, 0.25) is 11.8 Å². The fourth-order valence-corrected chi connectivity index (χ4v) is 12.0. The van der Waals surface area contributed by atoms with E-state index in [2.05, 4.69) is 33.1 Å². The number of pyridine rings is 2. The number of para-hydroxylation sites is 2. The lowest BCUT2D eigenvalue weighted by molar-refractivity contribution is -0.129. The van der Waals surface area contributed by atoms with Gasteiger partial charge in [0, 0.05) is 87.0 Å². The fourth-order valence-electron chi connectivity index (χ4n) is 12.0. The Morgan fingerprint density at radius 3 is 1.42 bits per heavy atom. The quantitative estimate of drug-likeness (QED) is 0.0971. The molecular formula is C61H70F4N12O6. The second-order valence-corrected chi connectivity index (χ2v) is 22.2. The third-order valence-corrected chi connectivity index (χ3v) is 16.1. The monoisotopic (exact) mass is 1140 g/mol. The van der Waals surface area contributed by atoms with Gasteiger partial charge in [0.1, 0.15) is 57.5 Å². The van der Waals surface area contributed by atoms with E-state index in [1.165, 1.54) is 77.2 Å². The summed E-state index contributed by atoms with van der Waals surface area (Å²) in [6.45, 7) is 25.1. The molecule has 83 heavy (non-hydrogen) atoms. The second-order valence-electron chi connectivity index (χ2n) is 22.2. The van der Waals surface area contributed by atoms with E-state index >= 15 is 13.2 Å². The van der Waals surface area contributed by atoms with Gasteiger partial charge < -0.3 is 39.2 Å². The van der Waals surface area contributed by atoms with Gasteiger partial charge in [0.05, 0.1) is 43.0 Å². The van der Waals surface area contributed by atoms with Crippen LogP contribution in [-0.4, -0.2) is 126 Å². The second kappa shape index (κ2) is 24.1. The Labute approximate surface area is 479 Å². The summed E-state index contributed by atoms with van der Waals surface area (Å²) in [5.41, 5.74) is 2.33. The zero-order valence-electron chi connectivity index (χ0n) is 48.2. The third kappa shape index (κ3) is 11.1. The Hall–Kier alpha value is -8.56. The van der Waals surface area contributed by atoms with Gasteiger partial charge in [0.15, 0.2) is 11.6 Å². The molecule has 438 valence electrons. The Kier molecular flexibility index (Phi) is 17.2. The number of phenols is 1. The number of hydrogen-bond acceptors (Lipinski definition) is 14. The van der Waals surface area contributed by atoms with Crippen molar-refractivity contribution in [2.24, 2.45) is 0 Å². The lowest BCUT2D eigenvalue weighted by Gasteiger charge is -2.45. The highest BCUT2D eigenvalue weighted by Crippen LogP contribution is 2.40. The molecule has 8 heterocycles. The summed E-state index contributed by atoms with van der Waals surface area (Å²) in [7, 11) is 1.48. The number of nitrogens with zero attached hydrogens (tertiary/aromatic N) is 12. The van der Waals surface area contributed by atoms with Gasteiger partial charge in [0.25, 0.3) is 0 Å². The van der Waals surface area contributed by atoms with Crippen LogP contribution >= 0.6 is 0 Å². The predicted octanol–water partition coefficient (Wildman–Crippen LogP) is 8.12. The molecule has 2 aromatic carbocycles. The van der Waals surface area contributed by atoms with E-state index in [4.69, 9.17) is 4.74 Å². The van der Waals surface area contributed by atoms with Gasteiger partial charge in [-0.15, -0.1) is 0 Å². The maximum Gasteiger partial charge on any atom is 0.354 e. The first kappa shape index (κ1) is 59.1. The molecular weight excluding hydrogens is 1070 g/mol. The lowest BCUT2D eigenvalue weighted by Crippen LogP contribution is -2.58. The minimum atomic E-state index is -0.684. The Morgan fingerprint density at radius 2 is 1.01 bits per heavy atom. The number of anilines is 4. The highest BCUT2D eigenvalue weighted by molar-refractivity contribution is 5.88. The van der Waals surface area contributed by atoms with Gasteiger partial charge in [-0.2, -0.15) is 9.97 Å². The largest absolute Gasteiger partial charge is 0.506 e. The van der Waals surface area contributed by atoms with Crippen molar-refractivity contribution < 1.29 is 37.0 Å². The van der Waals surface area contributed by atoms with Crippen LogP contribution < -0.4 is 35.7 Å². The van der Waals surface area contributed by atoms with Crippen LogP contribution in [0.2, 0.25) is 0 Å². The number of carbonyl (C=O) groups excluding carboxylic acids is 2. The highest BCUT2D eigenvalue weighted by Gasteiger charge is 2.39. The first-order valence-corrected chi connectivity index (χ1v) is 27.9. The number of phenolic OH excluding ortho intramolecular Hbond substituents is 1. The molecule has 0 saturated carbocycles. The Morgan fingerprint density at radius 1 is 0.602 bits per heavy atom. The number of fused-ring (bicyclic) bond motifs is 2. The van der Waals surface area contributed by atoms with E-state index in [1.807, 2.05) is 70.1 Å². The molecule has 4 aliphatic rings. The normalized spacial score (nSPS) is 18.8. The van der Waals surface area contributed by atoms with Crippen molar-refractivity contribution in [3.63, 3.8) is 0 Å². The highest BCUT2D eigenvalue weighted by atomic mass is 19.1. The van der Waals surface area contributed by atoms with Crippen molar-refractivity contribution in [3.8, 4) is 22.9 Å². The smallest absolute Gasteiger partial charge is 0.354 e. The average molecular weight is 1140 g/mol. The Bertz CT molecular complexity index is 3610. The van der Waals surface area contributed by atoms with Crippen molar-refractivity contribution in [1.82, 2.24) is 38.9 Å². The molecule has 18 nitrogen and oxygen atoms in total. The summed E-state index contributed by atoms with van der Waals surface area (Å²) in [5.74, 6) is -1.84. The lowest BCUT2D eigenvalue weighted by atomic mass is 10.00. The molecule has 10 rings (SSSR count). The minimum absolute atomic E-state index is 0.0183. The van der Waals surface area contributed by atoms with Crippen LogP contribution in [-0.2, 0) is 35.5 Å². The molecule has 4 aromatic heterocycles. The molecule has 0 bridgehead atoms. The summed E-state index contributed by atoms with van der Waals surface area (Å²) in [6.07, 6.45) is 6.13. The number of hydrogen-bond donors (Lipinski definition) is 1. The van der Waals surface area contributed by atoms with Crippen LogP contribution in [0.5, 0.6) is 11.5 Å². The van der Waals surface area contributed by atoms with E-state index in [9.17, 15) is 28.7 Å². The number of rotatable bonds is 11. The van der Waals surface area contributed by atoms with Gasteiger partial charge in [-0.05, 0) is 101 Å². The molecule has 2 amide bonds. The number of piperazine rings is 2. The third-order valence-electron chi connectivity index (χ3n) is 16.1. The minimum Gasteiger partial charge on any atom is -0.506 e. The van der Waals surface area contributed by atoms with Crippen molar-refractivity contribution >= 4 is 34.8 Å². The average Bonchev–Trinajstić information content (AvgIpc) is 3.38. The SMILES string of the molecule is C=CC(=O)N1C[C@H](C)N(c2nc(=O)n(-c3c(F)ccnc3C(C)C)c3c2CCN(c2c(F)cccc2OC)C3)C[C@H]1C.C=CC(=O)N1C[C@H](C)N(c2nc(=O)n(-c3c(F)ccnc3C(C)C)c3c2CCN(c2c(O)cccc2F)C3)C[C@H]1C. The number of amides is 2. The topological polar surface area (TPSA) is 179 Å². The zero-order valence-corrected chi connectivity index (χ0v) is 48.2. The Balaban J connectivity index is 0.000000200. The van der Waals surface area contributed by atoms with Gasteiger partial charge in [-0.25, -0.2) is 27.2 Å². The number of aromatic hydroxyl groups is 1. The summed E-state index contributed by atoms with van der Waals surface area (Å²) >= 11 is 0. The molecule has 0 aliphatic carbocycles. The molecule has 2 fully saturated rings. The van der Waals surface area contributed by atoms with Crippen molar-refractivity contribution in [1.29, 1.82) is 0 Å². The van der Waals surface area contributed by atoms with Gasteiger partial charge in [-0.1, -0.05) is 53.0 Å². The van der Waals surface area contributed by atoms with Crippen LogP contribution in [0.3, 0.4) is 0 Å². The van der Waals surface area contributed by atoms with Crippen LogP contribution in [0.15, 0.2) is 95.8 Å². The molecule has 6 aromatic rings. The van der Waals surface area contributed by atoms with E-state index < -0.39 is 34.6 Å². The molecule has 4 atom stereocenters. The summed E-state index contributed by atoms with van der Waals surface area (Å²) in [4.78, 5) is 81.6. The van der Waals surface area contributed by atoms with Crippen molar-refractivity contribution in [2.45, 2.75) is 117 Å². The maximum atomic E-state index is 15.6. The predicted molar refractivity (Wildman–Crippen MR) is 310 cm³/mol. The molecule has 1 N–H and O–H groups in total. The van der Waals surface area contributed by atoms with Crippen LogP contribution in [0.25, 0.3) is 11.4 Å². The number of benzene rings is 2. The number of halogens is 4. The first-order valence-electron chi connectivity index (χ1n) is 27.9. The summed E-state index contributed by atoms with van der Waals surface area (Å²) in [5, 5.41) is 10.5. The van der Waals surface area contributed by atoms with Crippen molar-refractivity contribution in [2.75, 3.05) is 66.0 Å². The molecule has 0 radical (unpaired) electrons. The fraction of sp³-hybridized carbons (Fsp3) is 0.410. The standard InChI is InChI=1S/C31H36F2N6O3.C30H34F2N6O3/c1-7-26(40)37-15-20(5)38(16-19(37)4)30-21-12-14-36(28-22(32)9-8-10-25(28)42-6)17-24(21)39(31(41)35-30)29-23(33)11-13-34-27(29)18(2)3;1-6-25(40)36-14-19(5)37(15-18(36)4)29-20-11-13-35(27-21(31)8-7-9-24(27)39)16-23(20)38(30(41)34-29)28-22(32)10-12-33-26(28)17(2)3/h7-11,13,18-20H,1,12,14-17H2,2-6H3;6-10,12,17-19,39H,1,11,13-16H2,2-5H3/t19-,20+;18-,19+/m11/s1. The number of carbonyl (C=O) groups is 2. The molecule has 4 aliphatic heterocycles. The molecule has 22 heteroatoms. The van der Waals surface area contributed by atoms with Gasteiger partial charge in [-0.3, -0.25) is 28.7 Å². The van der Waals surface area contributed by atoms with Crippen LogP contribution in [0, 0.1) is 23.3 Å². The van der Waals surface area contributed by atoms with Crippen molar-refractivity contribution in [3.05, 3.63) is 164 Å². The van der Waals surface area contributed by atoms with E-state index in [-0.39, 0.29) is 89.4 Å². The van der Waals surface area contributed by atoms with E-state index in [0.717, 1.165) is 11.1 Å². The number of ether oxygens (including phenoxy) is 1. The van der Waals surface area contributed by atoms with Crippen LogP contribution in [0.1, 0.15) is 101 Å². The summed E-state index contributed by atoms with van der Waals surface area (Å²) in [6, 6.07) is 10.5. The van der Waals surface area contributed by atoms with Gasteiger partial charge >= 0.3 is 11.4 Å².